The molecule has 1 heterocycles. The van der Waals surface area contributed by atoms with Gasteiger partial charge < -0.3 is 24.4 Å². The van der Waals surface area contributed by atoms with E-state index in [1.807, 2.05) is 50.2 Å². The van der Waals surface area contributed by atoms with Crippen LogP contribution >= 0.6 is 0 Å². The Morgan fingerprint density at radius 2 is 1.89 bits per heavy atom. The van der Waals surface area contributed by atoms with Gasteiger partial charge in [0.05, 0.1) is 19.3 Å². The molecule has 0 radical (unpaired) electrons. The molecule has 4 rings (SSSR count). The van der Waals surface area contributed by atoms with E-state index in [1.165, 1.54) is 0 Å². The lowest BCUT2D eigenvalue weighted by molar-refractivity contribution is -0.149. The molecule has 0 aliphatic carbocycles. The minimum Gasteiger partial charge on any atom is -0.489 e. The number of methoxy groups -OCH3 is 1. The summed E-state index contributed by atoms with van der Waals surface area (Å²) in [5, 5.41) is 0.999. The molecule has 0 fully saturated rings. The highest BCUT2D eigenvalue weighted by atomic mass is 16.6. The fourth-order valence-corrected chi connectivity index (χ4v) is 4.19. The van der Waals surface area contributed by atoms with Gasteiger partial charge in [-0.2, -0.15) is 0 Å². The third-order valence-electron chi connectivity index (χ3n) is 5.90. The van der Waals surface area contributed by atoms with Crippen molar-refractivity contribution in [3.8, 4) is 16.9 Å². The molecule has 2 N–H and O–H groups in total. The molecule has 6 nitrogen and oxygen atoms in total. The maximum absolute atomic E-state index is 12.5. The van der Waals surface area contributed by atoms with E-state index in [0.29, 0.717) is 25.5 Å². The highest BCUT2D eigenvalue weighted by Gasteiger charge is 2.16. The second kappa shape index (κ2) is 11.2. The fourth-order valence-electron chi connectivity index (χ4n) is 4.19. The summed E-state index contributed by atoms with van der Waals surface area (Å²) in [6.07, 6.45) is 1.52. The Labute approximate surface area is 205 Å². The summed E-state index contributed by atoms with van der Waals surface area (Å²) in [7, 11) is 1.58. The first-order valence-electron chi connectivity index (χ1n) is 11.7. The number of rotatable bonds is 10. The molecule has 0 saturated heterocycles. The molecule has 35 heavy (non-hydrogen) atoms. The van der Waals surface area contributed by atoms with Gasteiger partial charge in [-0.1, -0.05) is 30.3 Å². The molecule has 0 spiro atoms. The minimum atomic E-state index is -0.310. The van der Waals surface area contributed by atoms with Crippen LogP contribution in [0.4, 0.5) is 0 Å². The lowest BCUT2D eigenvalue weighted by Gasteiger charge is -2.16. The van der Waals surface area contributed by atoms with Crippen molar-refractivity contribution in [1.82, 2.24) is 0 Å². The Morgan fingerprint density at radius 1 is 1.06 bits per heavy atom. The zero-order valence-corrected chi connectivity index (χ0v) is 20.4. The number of furan rings is 1. The van der Waals surface area contributed by atoms with E-state index in [0.717, 1.165) is 44.3 Å². The molecular formula is C29H31NO5. The quantitative estimate of drug-likeness (QED) is 0.303. The smallest absolute Gasteiger partial charge is 0.310 e. The number of ether oxygens (including phenoxy) is 3. The number of aryl methyl sites for hydroxylation is 1. The van der Waals surface area contributed by atoms with Crippen molar-refractivity contribution < 1.29 is 23.4 Å². The topological polar surface area (TPSA) is 83.9 Å². The van der Waals surface area contributed by atoms with Crippen LogP contribution in [0.2, 0.25) is 0 Å². The molecule has 0 saturated carbocycles. The molecule has 3 aromatic carbocycles. The first-order chi connectivity index (χ1) is 17.0. The second-order valence-electron chi connectivity index (χ2n) is 8.66. The van der Waals surface area contributed by atoms with E-state index in [4.69, 9.17) is 24.4 Å². The largest absolute Gasteiger partial charge is 0.489 e. The molecule has 0 bridgehead atoms. The number of esters is 1. The van der Waals surface area contributed by atoms with Crippen molar-refractivity contribution in [2.24, 2.45) is 5.73 Å². The third-order valence-corrected chi connectivity index (χ3v) is 5.90. The number of hydrogen-bond donors (Lipinski definition) is 1. The van der Waals surface area contributed by atoms with Crippen molar-refractivity contribution in [1.29, 1.82) is 0 Å². The summed E-state index contributed by atoms with van der Waals surface area (Å²) in [6, 6.07) is 20.0. The van der Waals surface area contributed by atoms with E-state index >= 15 is 0 Å². The van der Waals surface area contributed by atoms with Gasteiger partial charge in [0.15, 0.2) is 0 Å². The zero-order chi connectivity index (χ0) is 24.8. The minimum absolute atomic E-state index is 0.133. The van der Waals surface area contributed by atoms with Crippen LogP contribution in [0, 0.1) is 6.92 Å². The maximum Gasteiger partial charge on any atom is 0.310 e. The van der Waals surface area contributed by atoms with Gasteiger partial charge in [0, 0.05) is 30.2 Å². The van der Waals surface area contributed by atoms with Crippen molar-refractivity contribution in [2.75, 3.05) is 13.7 Å². The average molecular weight is 474 g/mol. The summed E-state index contributed by atoms with van der Waals surface area (Å²) >= 11 is 0. The predicted molar refractivity (Wildman–Crippen MR) is 136 cm³/mol. The van der Waals surface area contributed by atoms with E-state index in [-0.39, 0.29) is 18.5 Å². The number of carbonyl (C=O) groups excluding carboxylic acids is 1. The van der Waals surface area contributed by atoms with Gasteiger partial charge in [0.2, 0.25) is 0 Å². The Morgan fingerprint density at radius 3 is 2.69 bits per heavy atom. The SMILES string of the molecule is COCC(C)OC(=O)Cc1c(C)cccc1OCc1cc(-c2cccc(CN)c2)c2occc2c1. The third kappa shape index (κ3) is 5.91. The zero-order valence-electron chi connectivity index (χ0n) is 20.4. The van der Waals surface area contributed by atoms with Crippen LogP contribution in [0.1, 0.15) is 29.2 Å². The van der Waals surface area contributed by atoms with Crippen molar-refractivity contribution in [3.63, 3.8) is 0 Å². The molecule has 1 unspecified atom stereocenters. The molecule has 1 atom stereocenters. The van der Waals surface area contributed by atoms with Crippen LogP contribution in [0.15, 0.2) is 71.3 Å². The summed E-state index contributed by atoms with van der Waals surface area (Å²) < 4.78 is 22.5. The van der Waals surface area contributed by atoms with E-state index in [1.54, 1.807) is 13.4 Å². The van der Waals surface area contributed by atoms with Crippen LogP contribution in [-0.4, -0.2) is 25.8 Å². The standard InChI is InChI=1S/C29H31NO5/c1-19-6-4-9-27(25(19)15-28(31)35-20(2)17-32-3)34-18-22-13-24-10-11-33-29(24)26(14-22)23-8-5-7-21(12-23)16-30/h4-14,20H,15-18,30H2,1-3H3. The Balaban J connectivity index is 1.57. The lowest BCUT2D eigenvalue weighted by Crippen LogP contribution is -2.21. The fraction of sp³-hybridized carbons (Fsp3) is 0.276. The number of nitrogens with two attached hydrogens (primary N) is 1. The highest BCUT2D eigenvalue weighted by molar-refractivity contribution is 5.93. The molecule has 4 aromatic rings. The van der Waals surface area contributed by atoms with Gasteiger partial charge in [-0.05, 0) is 66.4 Å². The molecule has 182 valence electrons. The van der Waals surface area contributed by atoms with Gasteiger partial charge in [-0.15, -0.1) is 0 Å². The highest BCUT2D eigenvalue weighted by Crippen LogP contribution is 2.32. The van der Waals surface area contributed by atoms with Crippen molar-refractivity contribution in [2.45, 2.75) is 39.5 Å². The van der Waals surface area contributed by atoms with Crippen LogP contribution in [0.3, 0.4) is 0 Å². The van der Waals surface area contributed by atoms with Gasteiger partial charge >= 0.3 is 5.97 Å². The molecule has 1 aromatic heterocycles. The number of hydrogen-bond acceptors (Lipinski definition) is 6. The summed E-state index contributed by atoms with van der Waals surface area (Å²) in [5.74, 6) is 0.357. The van der Waals surface area contributed by atoms with Gasteiger partial charge in [-0.25, -0.2) is 0 Å². The average Bonchev–Trinajstić information content (AvgIpc) is 3.32. The summed E-state index contributed by atoms with van der Waals surface area (Å²) in [5.41, 5.74) is 12.6. The summed E-state index contributed by atoms with van der Waals surface area (Å²) in [4.78, 5) is 12.5. The Hall–Kier alpha value is -3.61. The molecule has 6 heteroatoms. The summed E-state index contributed by atoms with van der Waals surface area (Å²) in [6.45, 7) is 4.95. The normalized spacial score (nSPS) is 12.0. The number of carbonyl (C=O) groups is 1. The lowest BCUT2D eigenvalue weighted by atomic mass is 9.99. The van der Waals surface area contributed by atoms with Gasteiger partial charge in [0.1, 0.15) is 24.0 Å². The van der Waals surface area contributed by atoms with Crippen molar-refractivity contribution in [3.05, 3.63) is 89.2 Å². The van der Waals surface area contributed by atoms with E-state index < -0.39 is 0 Å². The molecule has 0 aliphatic rings. The maximum atomic E-state index is 12.5. The van der Waals surface area contributed by atoms with E-state index in [2.05, 4.69) is 24.3 Å². The first kappa shape index (κ1) is 24.5. The Bertz CT molecular complexity index is 1310. The predicted octanol–water partition coefficient (Wildman–Crippen LogP) is 5.57. The second-order valence-corrected chi connectivity index (χ2v) is 8.66. The van der Waals surface area contributed by atoms with Crippen LogP contribution in [0.5, 0.6) is 5.75 Å². The van der Waals surface area contributed by atoms with Crippen LogP contribution in [0.25, 0.3) is 22.1 Å². The molecule has 0 amide bonds. The van der Waals surface area contributed by atoms with Gasteiger partial charge in [0.25, 0.3) is 0 Å². The van der Waals surface area contributed by atoms with Crippen LogP contribution < -0.4 is 10.5 Å². The number of benzene rings is 3. The Kier molecular flexibility index (Phi) is 7.85. The number of fused-ring (bicyclic) bond motifs is 1. The molecular weight excluding hydrogens is 442 g/mol. The van der Waals surface area contributed by atoms with E-state index in [9.17, 15) is 4.79 Å². The van der Waals surface area contributed by atoms with Crippen molar-refractivity contribution >= 4 is 16.9 Å². The van der Waals surface area contributed by atoms with Crippen LogP contribution in [-0.2, 0) is 33.8 Å². The molecule has 0 aliphatic heterocycles. The monoisotopic (exact) mass is 473 g/mol. The first-order valence-corrected chi connectivity index (χ1v) is 11.7. The van der Waals surface area contributed by atoms with Gasteiger partial charge in [-0.3, -0.25) is 4.79 Å².